The molecule has 2 N–H and O–H groups in total. The Bertz CT molecular complexity index is 958. The highest BCUT2D eigenvalue weighted by Crippen LogP contribution is 2.35. The van der Waals surface area contributed by atoms with E-state index in [4.69, 9.17) is 19.3 Å². The van der Waals surface area contributed by atoms with Gasteiger partial charge in [0.15, 0.2) is 0 Å². The molecule has 0 aliphatic carbocycles. The van der Waals surface area contributed by atoms with Gasteiger partial charge in [-0.25, -0.2) is 0 Å². The molecule has 2 aromatic rings. The Balaban J connectivity index is 1.58. The van der Waals surface area contributed by atoms with Gasteiger partial charge < -0.3 is 19.3 Å². The first-order chi connectivity index (χ1) is 19.3. The lowest BCUT2D eigenvalue weighted by Gasteiger charge is -2.22. The number of unbranched alkanes of at least 4 members (excludes halogenated alkanes) is 11. The van der Waals surface area contributed by atoms with E-state index in [-0.39, 0.29) is 12.2 Å². The average Bonchev–Trinajstić information content (AvgIpc) is 2.93. The van der Waals surface area contributed by atoms with Crippen LogP contribution in [-0.4, -0.2) is 28.8 Å². The number of fused-ring (bicyclic) bond motifs is 1. The topological polar surface area (TPSA) is 76.0 Å². The van der Waals surface area contributed by atoms with Crippen molar-refractivity contribution in [2.75, 3.05) is 13.0 Å². The van der Waals surface area contributed by atoms with Crippen LogP contribution in [0.1, 0.15) is 135 Å². The van der Waals surface area contributed by atoms with Crippen LogP contribution in [0.2, 0.25) is 0 Å². The Morgan fingerprint density at radius 2 is 1.30 bits per heavy atom. The van der Waals surface area contributed by atoms with E-state index in [1.165, 1.54) is 106 Å². The van der Waals surface area contributed by atoms with E-state index < -0.39 is 13.9 Å². The van der Waals surface area contributed by atoms with Crippen LogP contribution in [0.5, 0.6) is 0 Å². The highest BCUT2D eigenvalue weighted by molar-refractivity contribution is 7.51. The molecule has 0 aliphatic heterocycles. The van der Waals surface area contributed by atoms with Gasteiger partial charge in [-0.05, 0) is 55.0 Å². The van der Waals surface area contributed by atoms with Crippen LogP contribution in [0.15, 0.2) is 42.5 Å². The lowest BCUT2D eigenvalue weighted by atomic mass is 9.89. The molecule has 0 aliphatic rings. The van der Waals surface area contributed by atoms with Crippen molar-refractivity contribution in [3.63, 3.8) is 0 Å². The van der Waals surface area contributed by atoms with Gasteiger partial charge in [0.25, 0.3) is 0 Å². The first-order valence-corrected chi connectivity index (χ1v) is 17.8. The molecule has 0 heterocycles. The van der Waals surface area contributed by atoms with Crippen molar-refractivity contribution in [1.82, 2.24) is 0 Å². The second-order valence-corrected chi connectivity index (χ2v) is 13.4. The van der Waals surface area contributed by atoms with Gasteiger partial charge in [0.2, 0.25) is 0 Å². The number of ether oxygens (including phenoxy) is 2. The quantitative estimate of drug-likeness (QED) is 0.0960. The molecule has 40 heavy (non-hydrogen) atoms. The predicted molar refractivity (Wildman–Crippen MR) is 169 cm³/mol. The minimum absolute atomic E-state index is 0.112. The first kappa shape index (κ1) is 35.0. The normalized spacial score (nSPS) is 14.4. The molecule has 0 aromatic heterocycles. The molecule has 2 unspecified atom stereocenters. The molecule has 228 valence electrons. The smallest absolute Gasteiger partial charge is 0.350 e. The Hall–Kier alpha value is -1.23. The van der Waals surface area contributed by atoms with Gasteiger partial charge in [-0.3, -0.25) is 4.57 Å². The number of benzene rings is 2. The van der Waals surface area contributed by atoms with Gasteiger partial charge in [0.05, 0.1) is 12.2 Å². The molecule has 3 atom stereocenters. The molecule has 0 spiro atoms. The molecule has 2 aromatic carbocycles. The minimum atomic E-state index is -4.11. The van der Waals surface area contributed by atoms with E-state index in [2.05, 4.69) is 56.3 Å². The number of hydrogen-bond acceptors (Lipinski definition) is 3. The van der Waals surface area contributed by atoms with E-state index in [1.54, 1.807) is 0 Å². The summed E-state index contributed by atoms with van der Waals surface area (Å²) >= 11 is 0. The lowest BCUT2D eigenvalue weighted by Crippen LogP contribution is -2.15. The van der Waals surface area contributed by atoms with E-state index >= 15 is 0 Å². The SMILES string of the molecule is CCCCCCCCC[C@H](CCCCCCCCOC(C)c1ccc2ccccc2c1)CC(C)OCP(=O)(O)O. The van der Waals surface area contributed by atoms with E-state index in [0.717, 1.165) is 19.4 Å². The number of hydrogen-bond donors (Lipinski definition) is 2. The first-order valence-electron chi connectivity index (χ1n) is 16.0. The molecular formula is C34H57O5P. The highest BCUT2D eigenvalue weighted by Gasteiger charge is 2.18. The second-order valence-electron chi connectivity index (χ2n) is 11.8. The summed E-state index contributed by atoms with van der Waals surface area (Å²) in [6, 6.07) is 15.1. The lowest BCUT2D eigenvalue weighted by molar-refractivity contribution is 0.0627. The zero-order valence-corrected chi connectivity index (χ0v) is 26.5. The van der Waals surface area contributed by atoms with Gasteiger partial charge in [-0.15, -0.1) is 0 Å². The largest absolute Gasteiger partial charge is 0.374 e. The maximum atomic E-state index is 11.2. The van der Waals surface area contributed by atoms with E-state index in [1.807, 2.05) is 6.92 Å². The molecule has 2 rings (SSSR count). The van der Waals surface area contributed by atoms with Gasteiger partial charge in [-0.1, -0.05) is 133 Å². The highest BCUT2D eigenvalue weighted by atomic mass is 31.2. The molecule has 0 radical (unpaired) electrons. The molecule has 0 amide bonds. The molecular weight excluding hydrogens is 519 g/mol. The van der Waals surface area contributed by atoms with E-state index in [0.29, 0.717) is 5.92 Å². The summed E-state index contributed by atoms with van der Waals surface area (Å²) in [6.07, 6.45) is 19.3. The molecule has 6 heteroatoms. The van der Waals surface area contributed by atoms with Crippen molar-refractivity contribution >= 4 is 18.4 Å². The standard InChI is InChI=1S/C34H57O5P/c1-4-5-6-7-8-11-14-19-31(26-29(2)39-28-40(35,36)37)20-15-12-9-10-13-18-25-38-30(3)33-24-23-32-21-16-17-22-34(32)27-33/h16-17,21-24,27,29-31H,4-15,18-20,25-26,28H2,1-3H3,(H2,35,36,37)/t29?,30?,31-/m1/s1. The summed E-state index contributed by atoms with van der Waals surface area (Å²) in [7, 11) is -4.11. The van der Waals surface area contributed by atoms with Crippen molar-refractivity contribution < 1.29 is 23.8 Å². The number of rotatable bonds is 24. The van der Waals surface area contributed by atoms with Crippen LogP contribution in [0.4, 0.5) is 0 Å². The Morgan fingerprint density at radius 1 is 0.725 bits per heavy atom. The third-order valence-electron chi connectivity index (χ3n) is 8.03. The summed E-state index contributed by atoms with van der Waals surface area (Å²) in [4.78, 5) is 18.3. The van der Waals surface area contributed by atoms with Gasteiger partial charge >= 0.3 is 7.60 Å². The van der Waals surface area contributed by atoms with Crippen LogP contribution >= 0.6 is 7.60 Å². The summed E-state index contributed by atoms with van der Waals surface area (Å²) < 4.78 is 22.8. The zero-order chi connectivity index (χ0) is 29.1. The van der Waals surface area contributed by atoms with Crippen LogP contribution in [-0.2, 0) is 14.0 Å². The van der Waals surface area contributed by atoms with Crippen molar-refractivity contribution in [2.24, 2.45) is 5.92 Å². The van der Waals surface area contributed by atoms with Crippen LogP contribution in [0.25, 0.3) is 10.8 Å². The molecule has 5 nitrogen and oxygen atoms in total. The fourth-order valence-electron chi connectivity index (χ4n) is 5.59. The zero-order valence-electron chi connectivity index (χ0n) is 25.6. The molecule has 0 saturated heterocycles. The Labute approximate surface area is 244 Å². The fraction of sp³-hybridized carbons (Fsp3) is 0.706. The third-order valence-corrected chi connectivity index (χ3v) is 8.51. The van der Waals surface area contributed by atoms with Crippen LogP contribution in [0.3, 0.4) is 0 Å². The summed E-state index contributed by atoms with van der Waals surface area (Å²) in [5.74, 6) is 0.576. The molecule has 0 saturated carbocycles. The average molecular weight is 577 g/mol. The van der Waals surface area contributed by atoms with Gasteiger partial charge in [-0.2, -0.15) is 0 Å². The molecule has 0 bridgehead atoms. The maximum Gasteiger partial charge on any atom is 0.350 e. The molecule has 0 fully saturated rings. The Morgan fingerprint density at radius 3 is 1.93 bits per heavy atom. The fourth-order valence-corrected chi connectivity index (χ4v) is 6.04. The van der Waals surface area contributed by atoms with Crippen molar-refractivity contribution in [2.45, 2.75) is 136 Å². The van der Waals surface area contributed by atoms with Gasteiger partial charge in [0, 0.05) is 6.61 Å². The van der Waals surface area contributed by atoms with Crippen LogP contribution in [0, 0.1) is 5.92 Å². The Kier molecular flexibility index (Phi) is 18.0. The summed E-state index contributed by atoms with van der Waals surface area (Å²) in [5.41, 5.74) is 1.24. The van der Waals surface area contributed by atoms with Crippen LogP contribution < -0.4 is 0 Å². The maximum absolute atomic E-state index is 11.2. The third kappa shape index (κ3) is 16.3. The van der Waals surface area contributed by atoms with Crippen molar-refractivity contribution in [3.8, 4) is 0 Å². The van der Waals surface area contributed by atoms with Crippen molar-refractivity contribution in [1.29, 1.82) is 0 Å². The van der Waals surface area contributed by atoms with Gasteiger partial charge in [0.1, 0.15) is 6.35 Å². The minimum Gasteiger partial charge on any atom is -0.374 e. The summed E-state index contributed by atoms with van der Waals surface area (Å²) in [5, 5.41) is 2.54. The summed E-state index contributed by atoms with van der Waals surface area (Å²) in [6.45, 7) is 7.16. The second kappa shape index (κ2) is 20.6. The van der Waals surface area contributed by atoms with E-state index in [9.17, 15) is 4.57 Å². The van der Waals surface area contributed by atoms with Crippen molar-refractivity contribution in [3.05, 3.63) is 48.0 Å². The predicted octanol–water partition coefficient (Wildman–Crippen LogP) is 10.3. The monoisotopic (exact) mass is 576 g/mol.